The summed E-state index contributed by atoms with van der Waals surface area (Å²) < 4.78 is 0. The molecule has 0 N–H and O–H groups in total. The van der Waals surface area contributed by atoms with Gasteiger partial charge in [-0.05, 0) is 12.3 Å². The molecule has 0 aromatic rings. The molecule has 0 heterocycles. The Kier molecular flexibility index (Phi) is 2.69. The number of hydrogen-bond donors (Lipinski definition) is 0. The average molecular weight is 166 g/mol. The third kappa shape index (κ3) is 1.97. The van der Waals surface area contributed by atoms with Crippen molar-refractivity contribution in [2.24, 2.45) is 11.8 Å². The van der Waals surface area contributed by atoms with Gasteiger partial charge in [0, 0.05) is 19.5 Å². The zero-order valence-corrected chi connectivity index (χ0v) is 7.58. The molecule has 0 aliphatic heterocycles. The normalized spacial score (nSPS) is 26.1. The maximum absolute atomic E-state index is 11.4. The Morgan fingerprint density at radius 1 is 1.75 bits per heavy atom. The molecule has 1 saturated carbocycles. The minimum absolute atomic E-state index is 0.206. The molecule has 12 heavy (non-hydrogen) atoms. The van der Waals surface area contributed by atoms with Gasteiger partial charge in [-0.1, -0.05) is 6.92 Å². The van der Waals surface area contributed by atoms with Crippen LogP contribution in [0.4, 0.5) is 0 Å². The second kappa shape index (κ2) is 3.57. The molecule has 1 fully saturated rings. The third-order valence-electron chi connectivity index (χ3n) is 2.36. The van der Waals surface area contributed by atoms with Crippen LogP contribution in [0.2, 0.25) is 0 Å². The highest BCUT2D eigenvalue weighted by molar-refractivity contribution is 5.81. The van der Waals surface area contributed by atoms with E-state index in [1.807, 2.05) is 6.07 Å². The van der Waals surface area contributed by atoms with Crippen molar-refractivity contribution in [1.82, 2.24) is 4.90 Å². The lowest BCUT2D eigenvalue weighted by Gasteiger charge is -2.14. The maximum atomic E-state index is 11.4. The minimum atomic E-state index is 0.206. The number of carbonyl (C=O) groups excluding carboxylic acids is 1. The van der Waals surface area contributed by atoms with Crippen molar-refractivity contribution in [3.63, 3.8) is 0 Å². The number of hydrogen-bond acceptors (Lipinski definition) is 2. The quantitative estimate of drug-likeness (QED) is 0.628. The summed E-state index contributed by atoms with van der Waals surface area (Å²) in [6.45, 7) is 2.65. The van der Waals surface area contributed by atoms with Gasteiger partial charge >= 0.3 is 0 Å². The molecule has 0 bridgehead atoms. The fraction of sp³-hybridized carbons (Fsp3) is 0.778. The van der Waals surface area contributed by atoms with E-state index < -0.39 is 0 Å². The summed E-state index contributed by atoms with van der Waals surface area (Å²) in [5, 5.41) is 8.32. The van der Waals surface area contributed by atoms with Crippen molar-refractivity contribution in [3.8, 4) is 6.07 Å². The Morgan fingerprint density at radius 3 is 2.75 bits per heavy atom. The van der Waals surface area contributed by atoms with Gasteiger partial charge < -0.3 is 4.90 Å². The van der Waals surface area contributed by atoms with Gasteiger partial charge in [-0.15, -0.1) is 0 Å². The molecule has 1 aliphatic rings. The second-order valence-corrected chi connectivity index (χ2v) is 3.49. The van der Waals surface area contributed by atoms with Crippen LogP contribution in [0, 0.1) is 23.2 Å². The molecule has 1 amide bonds. The van der Waals surface area contributed by atoms with E-state index in [2.05, 4.69) is 6.92 Å². The standard InChI is InChI=1S/C9H14N2O/c1-7-6-8(7)9(12)11(2)5-3-4-10/h7-8H,3,5-6H2,1-2H3. The first-order valence-electron chi connectivity index (χ1n) is 4.28. The van der Waals surface area contributed by atoms with Gasteiger partial charge in [0.05, 0.1) is 12.5 Å². The van der Waals surface area contributed by atoms with Crippen molar-refractivity contribution in [1.29, 1.82) is 5.26 Å². The highest BCUT2D eigenvalue weighted by Crippen LogP contribution is 2.38. The number of rotatable bonds is 3. The lowest BCUT2D eigenvalue weighted by atomic mass is 10.3. The SMILES string of the molecule is CC1CC1C(=O)N(C)CCC#N. The van der Waals surface area contributed by atoms with Crippen LogP contribution in [0.1, 0.15) is 19.8 Å². The topological polar surface area (TPSA) is 44.1 Å². The zero-order chi connectivity index (χ0) is 9.14. The summed E-state index contributed by atoms with van der Waals surface area (Å²) in [5.74, 6) is 1.01. The van der Waals surface area contributed by atoms with Gasteiger partial charge in [-0.3, -0.25) is 4.79 Å². The van der Waals surface area contributed by atoms with E-state index in [-0.39, 0.29) is 11.8 Å². The van der Waals surface area contributed by atoms with E-state index in [9.17, 15) is 4.79 Å². The van der Waals surface area contributed by atoms with E-state index in [1.54, 1.807) is 11.9 Å². The predicted molar refractivity (Wildman–Crippen MR) is 45.1 cm³/mol. The molecular weight excluding hydrogens is 152 g/mol. The fourth-order valence-electron chi connectivity index (χ4n) is 1.28. The van der Waals surface area contributed by atoms with Gasteiger partial charge in [0.15, 0.2) is 0 Å². The molecule has 0 saturated heterocycles. The summed E-state index contributed by atoms with van der Waals surface area (Å²) >= 11 is 0. The maximum Gasteiger partial charge on any atom is 0.225 e. The van der Waals surface area contributed by atoms with Crippen LogP contribution in [-0.4, -0.2) is 24.4 Å². The lowest BCUT2D eigenvalue weighted by Crippen LogP contribution is -2.29. The molecule has 2 unspecified atom stereocenters. The van der Waals surface area contributed by atoms with E-state index in [1.165, 1.54) is 0 Å². The molecule has 0 aromatic heterocycles. The van der Waals surface area contributed by atoms with Gasteiger partial charge in [0.25, 0.3) is 0 Å². The molecule has 1 rings (SSSR count). The number of carbonyl (C=O) groups is 1. The first-order chi connectivity index (χ1) is 5.66. The van der Waals surface area contributed by atoms with Crippen molar-refractivity contribution in [2.45, 2.75) is 19.8 Å². The van der Waals surface area contributed by atoms with Crippen LogP contribution in [0.25, 0.3) is 0 Å². The van der Waals surface area contributed by atoms with E-state index in [0.29, 0.717) is 18.9 Å². The summed E-state index contributed by atoms with van der Waals surface area (Å²) in [4.78, 5) is 13.1. The van der Waals surface area contributed by atoms with Crippen LogP contribution in [0.3, 0.4) is 0 Å². The van der Waals surface area contributed by atoms with Gasteiger partial charge in [-0.25, -0.2) is 0 Å². The van der Waals surface area contributed by atoms with Crippen LogP contribution >= 0.6 is 0 Å². The van der Waals surface area contributed by atoms with Gasteiger partial charge in [-0.2, -0.15) is 5.26 Å². The summed E-state index contributed by atoms with van der Waals surface area (Å²) in [5.41, 5.74) is 0. The van der Waals surface area contributed by atoms with Crippen LogP contribution < -0.4 is 0 Å². The molecule has 0 aromatic carbocycles. The number of amides is 1. The molecule has 3 heteroatoms. The van der Waals surface area contributed by atoms with E-state index in [4.69, 9.17) is 5.26 Å². The zero-order valence-electron chi connectivity index (χ0n) is 7.58. The van der Waals surface area contributed by atoms with Crippen LogP contribution in [0.5, 0.6) is 0 Å². The molecule has 2 atom stereocenters. The molecule has 3 nitrogen and oxygen atoms in total. The smallest absolute Gasteiger partial charge is 0.225 e. The molecule has 0 spiro atoms. The first-order valence-corrected chi connectivity index (χ1v) is 4.28. The fourth-order valence-corrected chi connectivity index (χ4v) is 1.28. The predicted octanol–water partition coefficient (Wildman–Crippen LogP) is 1.01. The Balaban J connectivity index is 2.28. The van der Waals surface area contributed by atoms with E-state index in [0.717, 1.165) is 6.42 Å². The third-order valence-corrected chi connectivity index (χ3v) is 2.36. The Morgan fingerprint density at radius 2 is 2.33 bits per heavy atom. The molecular formula is C9H14N2O. The van der Waals surface area contributed by atoms with Crippen molar-refractivity contribution in [2.75, 3.05) is 13.6 Å². The Hall–Kier alpha value is -1.04. The second-order valence-electron chi connectivity index (χ2n) is 3.49. The van der Waals surface area contributed by atoms with Crippen molar-refractivity contribution < 1.29 is 4.79 Å². The van der Waals surface area contributed by atoms with Gasteiger partial charge in [0.1, 0.15) is 0 Å². The van der Waals surface area contributed by atoms with Crippen molar-refractivity contribution in [3.05, 3.63) is 0 Å². The highest BCUT2D eigenvalue weighted by atomic mass is 16.2. The van der Waals surface area contributed by atoms with Crippen LogP contribution in [0.15, 0.2) is 0 Å². The molecule has 66 valence electrons. The molecule has 0 radical (unpaired) electrons. The Bertz CT molecular complexity index is 219. The summed E-state index contributed by atoms with van der Waals surface area (Å²) in [6, 6.07) is 2.03. The largest absolute Gasteiger partial charge is 0.344 e. The van der Waals surface area contributed by atoms with Crippen molar-refractivity contribution >= 4 is 5.91 Å². The number of nitrogens with zero attached hydrogens (tertiary/aromatic N) is 2. The summed E-state index contributed by atoms with van der Waals surface area (Å²) in [6.07, 6.45) is 1.46. The van der Waals surface area contributed by atoms with E-state index >= 15 is 0 Å². The van der Waals surface area contributed by atoms with Gasteiger partial charge in [0.2, 0.25) is 5.91 Å². The Labute approximate surface area is 73.0 Å². The average Bonchev–Trinajstić information content (AvgIpc) is 2.77. The van der Waals surface area contributed by atoms with Crippen LogP contribution in [-0.2, 0) is 4.79 Å². The minimum Gasteiger partial charge on any atom is -0.344 e. The first kappa shape index (κ1) is 9.05. The number of nitriles is 1. The summed E-state index contributed by atoms with van der Waals surface area (Å²) in [7, 11) is 1.77. The monoisotopic (exact) mass is 166 g/mol. The lowest BCUT2D eigenvalue weighted by molar-refractivity contribution is -0.131. The highest BCUT2D eigenvalue weighted by Gasteiger charge is 2.40. The molecule has 1 aliphatic carbocycles.